The smallest absolute Gasteiger partial charge is 0.224 e. The Morgan fingerprint density at radius 1 is 1.00 bits per heavy atom. The molecule has 0 spiro atoms. The van der Waals surface area contributed by atoms with E-state index in [-0.39, 0.29) is 29.6 Å². The maximum absolute atomic E-state index is 12.0. The van der Waals surface area contributed by atoms with Gasteiger partial charge in [0.25, 0.3) is 0 Å². The minimum Gasteiger partial charge on any atom is -0.371 e. The van der Waals surface area contributed by atoms with E-state index in [2.05, 4.69) is 15.5 Å². The fraction of sp³-hybridized carbons (Fsp3) is 0.550. The lowest BCUT2D eigenvalue weighted by molar-refractivity contribution is -0.123. The van der Waals surface area contributed by atoms with Crippen LogP contribution < -0.4 is 21.3 Å². The van der Waals surface area contributed by atoms with Gasteiger partial charge in [-0.15, -0.1) is 0 Å². The van der Waals surface area contributed by atoms with Crippen LogP contribution in [0.1, 0.15) is 38.5 Å². The zero-order chi connectivity index (χ0) is 19.2. The van der Waals surface area contributed by atoms with Gasteiger partial charge in [0.2, 0.25) is 17.7 Å². The van der Waals surface area contributed by atoms with E-state index >= 15 is 0 Å². The Hall–Kier alpha value is -2.57. The van der Waals surface area contributed by atoms with Gasteiger partial charge in [0.15, 0.2) is 0 Å². The third-order valence-electron chi connectivity index (χ3n) is 5.24. The maximum Gasteiger partial charge on any atom is 0.224 e. The number of anilines is 2. The molecule has 3 rings (SSSR count). The second-order valence-corrected chi connectivity index (χ2v) is 7.43. The minimum atomic E-state index is -0.209. The zero-order valence-electron chi connectivity index (χ0n) is 15.6. The summed E-state index contributed by atoms with van der Waals surface area (Å²) in [6.45, 7) is 2.17. The molecule has 0 unspecified atom stereocenters. The van der Waals surface area contributed by atoms with Crippen LogP contribution in [0.25, 0.3) is 0 Å². The van der Waals surface area contributed by atoms with Crippen molar-refractivity contribution in [2.24, 2.45) is 17.6 Å². The Kier molecular flexibility index (Phi) is 6.32. The Morgan fingerprint density at radius 3 is 2.26 bits per heavy atom. The lowest BCUT2D eigenvalue weighted by Crippen LogP contribution is -2.38. The maximum atomic E-state index is 12.0. The molecule has 2 fully saturated rings. The van der Waals surface area contributed by atoms with E-state index in [1.807, 2.05) is 24.3 Å². The minimum absolute atomic E-state index is 0.0196. The fourth-order valence-electron chi connectivity index (χ4n) is 3.35. The summed E-state index contributed by atoms with van der Waals surface area (Å²) in [5.74, 6) is 0.0455. The number of carbonyl (C=O) groups excluding carboxylic acids is 3. The normalized spacial score (nSPS) is 17.4. The highest BCUT2D eigenvalue weighted by molar-refractivity contribution is 5.91. The molecular weight excluding hydrogens is 344 g/mol. The molecule has 1 saturated carbocycles. The van der Waals surface area contributed by atoms with Gasteiger partial charge in [-0.3, -0.25) is 14.4 Å². The molecule has 1 aromatic carbocycles. The molecule has 0 atom stereocenters. The Labute approximate surface area is 159 Å². The number of carbonyl (C=O) groups is 3. The fourth-order valence-corrected chi connectivity index (χ4v) is 3.35. The molecule has 0 radical (unpaired) electrons. The van der Waals surface area contributed by atoms with Crippen LogP contribution in [0, 0.1) is 11.8 Å². The zero-order valence-corrected chi connectivity index (χ0v) is 15.6. The predicted octanol–water partition coefficient (Wildman–Crippen LogP) is 1.63. The van der Waals surface area contributed by atoms with Crippen LogP contribution in [-0.4, -0.2) is 37.4 Å². The second kappa shape index (κ2) is 8.88. The van der Waals surface area contributed by atoms with Crippen molar-refractivity contribution in [3.8, 4) is 0 Å². The summed E-state index contributed by atoms with van der Waals surface area (Å²) >= 11 is 0. The van der Waals surface area contributed by atoms with Gasteiger partial charge in [0, 0.05) is 49.3 Å². The van der Waals surface area contributed by atoms with Crippen molar-refractivity contribution >= 4 is 29.1 Å². The molecule has 1 aliphatic heterocycles. The third kappa shape index (κ3) is 5.70. The number of piperidine rings is 1. The highest BCUT2D eigenvalue weighted by atomic mass is 16.2. The van der Waals surface area contributed by atoms with E-state index in [4.69, 9.17) is 5.73 Å². The van der Waals surface area contributed by atoms with Crippen LogP contribution in [0.15, 0.2) is 24.3 Å². The summed E-state index contributed by atoms with van der Waals surface area (Å²) in [5.41, 5.74) is 7.22. The molecule has 1 heterocycles. The molecule has 3 amide bonds. The van der Waals surface area contributed by atoms with Gasteiger partial charge in [-0.25, -0.2) is 0 Å². The molecule has 7 nitrogen and oxygen atoms in total. The molecule has 4 N–H and O–H groups in total. The van der Waals surface area contributed by atoms with E-state index < -0.39 is 0 Å². The Morgan fingerprint density at radius 2 is 1.67 bits per heavy atom. The van der Waals surface area contributed by atoms with E-state index in [1.54, 1.807) is 0 Å². The van der Waals surface area contributed by atoms with Gasteiger partial charge in [0.1, 0.15) is 0 Å². The Balaban J connectivity index is 1.37. The molecule has 0 bridgehead atoms. The highest BCUT2D eigenvalue weighted by Crippen LogP contribution is 2.28. The predicted molar refractivity (Wildman–Crippen MR) is 104 cm³/mol. The summed E-state index contributed by atoms with van der Waals surface area (Å²) < 4.78 is 0. The summed E-state index contributed by atoms with van der Waals surface area (Å²) in [6.07, 6.45) is 4.57. The van der Waals surface area contributed by atoms with Crippen LogP contribution in [0.5, 0.6) is 0 Å². The number of nitrogens with two attached hydrogens (primary N) is 1. The van der Waals surface area contributed by atoms with Gasteiger partial charge < -0.3 is 21.3 Å². The molecular formula is C20H28N4O3. The average molecular weight is 372 g/mol. The van der Waals surface area contributed by atoms with E-state index in [1.165, 1.54) is 0 Å². The monoisotopic (exact) mass is 372 g/mol. The van der Waals surface area contributed by atoms with Gasteiger partial charge in [-0.05, 0) is 56.4 Å². The van der Waals surface area contributed by atoms with Crippen molar-refractivity contribution in [3.05, 3.63) is 24.3 Å². The number of nitrogens with one attached hydrogen (secondary N) is 2. The number of hydrogen-bond acceptors (Lipinski definition) is 4. The van der Waals surface area contributed by atoms with Crippen molar-refractivity contribution in [2.45, 2.75) is 38.5 Å². The molecule has 0 aromatic heterocycles. The van der Waals surface area contributed by atoms with Crippen molar-refractivity contribution < 1.29 is 14.4 Å². The first-order valence-electron chi connectivity index (χ1n) is 9.75. The van der Waals surface area contributed by atoms with Crippen LogP contribution >= 0.6 is 0 Å². The van der Waals surface area contributed by atoms with Crippen molar-refractivity contribution in [3.63, 3.8) is 0 Å². The number of benzene rings is 1. The standard InChI is InChI=1S/C20H28N4O3/c21-19(26)14-9-12-24(13-10-14)17-7-5-16(6-8-17)23-18(25)2-1-11-22-20(27)15-3-4-15/h5-8,14-15H,1-4,9-13H2,(H2,21,26)(H,22,27)(H,23,25). The molecule has 7 heteroatoms. The molecule has 1 aliphatic carbocycles. The molecule has 2 aliphatic rings. The van der Waals surface area contributed by atoms with E-state index in [0.29, 0.717) is 19.4 Å². The summed E-state index contributed by atoms with van der Waals surface area (Å²) in [7, 11) is 0. The number of nitrogens with zero attached hydrogens (tertiary/aromatic N) is 1. The summed E-state index contributed by atoms with van der Waals surface area (Å²) in [4.78, 5) is 37.0. The SMILES string of the molecule is NC(=O)C1CCN(c2ccc(NC(=O)CCCNC(=O)C3CC3)cc2)CC1. The number of primary amides is 1. The largest absolute Gasteiger partial charge is 0.371 e. The van der Waals surface area contributed by atoms with Crippen molar-refractivity contribution in [2.75, 3.05) is 29.9 Å². The Bertz CT molecular complexity index is 677. The summed E-state index contributed by atoms with van der Waals surface area (Å²) in [6, 6.07) is 7.75. The van der Waals surface area contributed by atoms with Gasteiger partial charge in [-0.2, -0.15) is 0 Å². The van der Waals surface area contributed by atoms with Crippen LogP contribution in [0.4, 0.5) is 11.4 Å². The third-order valence-corrected chi connectivity index (χ3v) is 5.24. The first-order valence-corrected chi connectivity index (χ1v) is 9.75. The van der Waals surface area contributed by atoms with Crippen molar-refractivity contribution in [1.82, 2.24) is 5.32 Å². The lowest BCUT2D eigenvalue weighted by atomic mass is 9.96. The van der Waals surface area contributed by atoms with Gasteiger partial charge in [-0.1, -0.05) is 0 Å². The summed E-state index contributed by atoms with van der Waals surface area (Å²) in [5, 5.41) is 5.75. The second-order valence-electron chi connectivity index (χ2n) is 7.43. The average Bonchev–Trinajstić information content (AvgIpc) is 3.51. The van der Waals surface area contributed by atoms with Gasteiger partial charge in [0.05, 0.1) is 0 Å². The first-order chi connectivity index (χ1) is 13.0. The quantitative estimate of drug-likeness (QED) is 0.603. The van der Waals surface area contributed by atoms with Crippen molar-refractivity contribution in [1.29, 1.82) is 0 Å². The highest BCUT2D eigenvalue weighted by Gasteiger charge is 2.29. The van der Waals surface area contributed by atoms with Crippen LogP contribution in [0.2, 0.25) is 0 Å². The van der Waals surface area contributed by atoms with E-state index in [9.17, 15) is 14.4 Å². The lowest BCUT2D eigenvalue weighted by Gasteiger charge is -2.32. The molecule has 27 heavy (non-hydrogen) atoms. The van der Waals surface area contributed by atoms with Crippen LogP contribution in [0.3, 0.4) is 0 Å². The molecule has 1 aromatic rings. The molecule has 1 saturated heterocycles. The molecule has 146 valence electrons. The first kappa shape index (κ1) is 19.2. The topological polar surface area (TPSA) is 105 Å². The number of hydrogen-bond donors (Lipinski definition) is 3. The number of rotatable bonds is 8. The van der Waals surface area contributed by atoms with Crippen LogP contribution in [-0.2, 0) is 14.4 Å². The van der Waals surface area contributed by atoms with Gasteiger partial charge >= 0.3 is 0 Å². The number of amides is 3. The van der Waals surface area contributed by atoms with E-state index in [0.717, 1.165) is 50.1 Å².